The molecule has 13 heavy (non-hydrogen) atoms. The van der Waals surface area contributed by atoms with Gasteiger partial charge in [0, 0.05) is 5.69 Å². The Morgan fingerprint density at radius 2 is 2.31 bits per heavy atom. The molecule has 4 heteroatoms. The molecule has 0 saturated heterocycles. The normalized spacial score (nSPS) is 15.1. The maximum absolute atomic E-state index is 11.1. The van der Waals surface area contributed by atoms with Crippen molar-refractivity contribution in [3.05, 3.63) is 17.3 Å². The standard InChI is InChI=1S/C9H10N2OS/c1-5-3-7-9(10-6(5)2)11-8(12)4-13-7/h3H,4H2,1-2H3,(H,10,11,12). The van der Waals surface area contributed by atoms with Crippen LogP contribution in [0.3, 0.4) is 0 Å². The van der Waals surface area contributed by atoms with E-state index in [1.165, 1.54) is 5.56 Å². The first-order chi connectivity index (χ1) is 6.16. The molecule has 0 radical (unpaired) electrons. The molecule has 1 aliphatic heterocycles. The van der Waals surface area contributed by atoms with Gasteiger partial charge in [-0.3, -0.25) is 4.79 Å². The number of hydrogen-bond donors (Lipinski definition) is 1. The van der Waals surface area contributed by atoms with E-state index in [4.69, 9.17) is 0 Å². The highest BCUT2D eigenvalue weighted by Gasteiger charge is 2.17. The lowest BCUT2D eigenvalue weighted by atomic mass is 10.2. The molecule has 1 aromatic rings. The molecule has 2 heterocycles. The molecule has 0 aromatic carbocycles. The Bertz CT molecular complexity index is 376. The van der Waals surface area contributed by atoms with E-state index in [-0.39, 0.29) is 5.91 Å². The number of nitrogens with one attached hydrogen (secondary N) is 1. The zero-order valence-corrected chi connectivity index (χ0v) is 8.36. The average molecular weight is 194 g/mol. The lowest BCUT2D eigenvalue weighted by molar-refractivity contribution is -0.113. The number of aromatic nitrogens is 1. The first-order valence-electron chi connectivity index (χ1n) is 4.08. The summed E-state index contributed by atoms with van der Waals surface area (Å²) < 4.78 is 0. The lowest BCUT2D eigenvalue weighted by Gasteiger charge is -2.16. The van der Waals surface area contributed by atoms with Crippen molar-refractivity contribution in [3.8, 4) is 0 Å². The van der Waals surface area contributed by atoms with Crippen LogP contribution in [0.2, 0.25) is 0 Å². The molecule has 1 N–H and O–H groups in total. The third-order valence-electron chi connectivity index (χ3n) is 2.05. The van der Waals surface area contributed by atoms with Gasteiger partial charge in [0.15, 0.2) is 0 Å². The Labute approximate surface area is 80.9 Å². The summed E-state index contributed by atoms with van der Waals surface area (Å²) in [6.45, 7) is 3.97. The molecule has 0 atom stereocenters. The Balaban J connectivity index is 2.49. The van der Waals surface area contributed by atoms with E-state index in [0.717, 1.165) is 10.6 Å². The van der Waals surface area contributed by atoms with Crippen LogP contribution in [-0.4, -0.2) is 16.6 Å². The Kier molecular flexibility index (Phi) is 2.00. The van der Waals surface area contributed by atoms with E-state index in [1.54, 1.807) is 11.8 Å². The van der Waals surface area contributed by atoms with Gasteiger partial charge in [0.05, 0.1) is 10.6 Å². The quantitative estimate of drug-likeness (QED) is 0.684. The summed E-state index contributed by atoms with van der Waals surface area (Å²) in [6, 6.07) is 2.07. The lowest BCUT2D eigenvalue weighted by Crippen LogP contribution is -2.20. The van der Waals surface area contributed by atoms with E-state index in [1.807, 2.05) is 13.8 Å². The fourth-order valence-corrected chi connectivity index (χ4v) is 2.04. The zero-order chi connectivity index (χ0) is 9.42. The number of fused-ring (bicyclic) bond motifs is 1. The van der Waals surface area contributed by atoms with E-state index in [9.17, 15) is 4.79 Å². The number of nitrogens with zero attached hydrogens (tertiary/aromatic N) is 1. The molecule has 0 aliphatic carbocycles. The first kappa shape index (κ1) is 8.56. The van der Waals surface area contributed by atoms with Crippen molar-refractivity contribution in [2.45, 2.75) is 18.7 Å². The second-order valence-corrected chi connectivity index (χ2v) is 4.09. The number of anilines is 1. The minimum Gasteiger partial charge on any atom is -0.309 e. The van der Waals surface area contributed by atoms with Gasteiger partial charge in [-0.25, -0.2) is 4.98 Å². The Hall–Kier alpha value is -1.03. The summed E-state index contributed by atoms with van der Waals surface area (Å²) in [6.07, 6.45) is 0. The van der Waals surface area contributed by atoms with Crippen molar-refractivity contribution in [1.82, 2.24) is 4.98 Å². The summed E-state index contributed by atoms with van der Waals surface area (Å²) in [5, 5.41) is 2.76. The number of aryl methyl sites for hydroxylation is 2. The summed E-state index contributed by atoms with van der Waals surface area (Å²) >= 11 is 1.55. The summed E-state index contributed by atoms with van der Waals surface area (Å²) in [4.78, 5) is 16.4. The second-order valence-electron chi connectivity index (χ2n) is 3.07. The molecule has 1 aliphatic rings. The van der Waals surface area contributed by atoms with E-state index >= 15 is 0 Å². The fourth-order valence-electron chi connectivity index (χ4n) is 1.19. The average Bonchev–Trinajstić information content (AvgIpc) is 2.08. The molecule has 2 rings (SSSR count). The van der Waals surface area contributed by atoms with Gasteiger partial charge in [-0.15, -0.1) is 11.8 Å². The van der Waals surface area contributed by atoms with Crippen LogP contribution in [0, 0.1) is 13.8 Å². The predicted molar refractivity (Wildman–Crippen MR) is 53.1 cm³/mol. The Morgan fingerprint density at radius 3 is 3.08 bits per heavy atom. The minimum absolute atomic E-state index is 0.0354. The van der Waals surface area contributed by atoms with Crippen LogP contribution in [0.4, 0.5) is 5.82 Å². The van der Waals surface area contributed by atoms with Gasteiger partial charge >= 0.3 is 0 Å². The topological polar surface area (TPSA) is 42.0 Å². The van der Waals surface area contributed by atoms with Crippen molar-refractivity contribution < 1.29 is 4.79 Å². The van der Waals surface area contributed by atoms with Gasteiger partial charge in [0.25, 0.3) is 0 Å². The van der Waals surface area contributed by atoms with Crippen LogP contribution in [0.25, 0.3) is 0 Å². The van der Waals surface area contributed by atoms with Gasteiger partial charge < -0.3 is 5.32 Å². The maximum atomic E-state index is 11.1. The monoisotopic (exact) mass is 194 g/mol. The molecule has 3 nitrogen and oxygen atoms in total. The molecular weight excluding hydrogens is 184 g/mol. The first-order valence-corrected chi connectivity index (χ1v) is 5.06. The van der Waals surface area contributed by atoms with Crippen molar-refractivity contribution in [3.63, 3.8) is 0 Å². The van der Waals surface area contributed by atoms with Gasteiger partial charge in [-0.2, -0.15) is 0 Å². The fraction of sp³-hybridized carbons (Fsp3) is 0.333. The number of thioether (sulfide) groups is 1. The zero-order valence-electron chi connectivity index (χ0n) is 7.55. The number of pyridine rings is 1. The molecule has 0 unspecified atom stereocenters. The van der Waals surface area contributed by atoms with Crippen LogP contribution >= 0.6 is 11.8 Å². The van der Waals surface area contributed by atoms with Crippen LogP contribution in [0.15, 0.2) is 11.0 Å². The van der Waals surface area contributed by atoms with E-state index < -0.39 is 0 Å². The third kappa shape index (κ3) is 1.54. The molecule has 0 saturated carbocycles. The third-order valence-corrected chi connectivity index (χ3v) is 3.08. The minimum atomic E-state index is 0.0354. The molecule has 1 amide bonds. The second kappa shape index (κ2) is 3.03. The number of hydrogen-bond acceptors (Lipinski definition) is 3. The summed E-state index contributed by atoms with van der Waals surface area (Å²) in [7, 11) is 0. The predicted octanol–water partition coefficient (Wildman–Crippen LogP) is 1.74. The van der Waals surface area contributed by atoms with E-state index in [2.05, 4.69) is 16.4 Å². The van der Waals surface area contributed by atoms with Crippen molar-refractivity contribution in [2.24, 2.45) is 0 Å². The highest BCUT2D eigenvalue weighted by Crippen LogP contribution is 2.30. The molecular formula is C9H10N2OS. The maximum Gasteiger partial charge on any atom is 0.235 e. The number of amides is 1. The highest BCUT2D eigenvalue weighted by atomic mass is 32.2. The summed E-state index contributed by atoms with van der Waals surface area (Å²) in [5.74, 6) is 1.24. The SMILES string of the molecule is Cc1cc2c(nc1C)NC(=O)CS2. The summed E-state index contributed by atoms with van der Waals surface area (Å²) in [5.41, 5.74) is 2.14. The molecule has 68 valence electrons. The van der Waals surface area contributed by atoms with Gasteiger partial charge in [-0.05, 0) is 25.5 Å². The number of carbonyl (C=O) groups is 1. The van der Waals surface area contributed by atoms with E-state index in [0.29, 0.717) is 11.6 Å². The van der Waals surface area contributed by atoms with Crippen molar-refractivity contribution in [1.29, 1.82) is 0 Å². The highest BCUT2D eigenvalue weighted by molar-refractivity contribution is 8.00. The smallest absolute Gasteiger partial charge is 0.235 e. The molecule has 1 aromatic heterocycles. The number of rotatable bonds is 0. The van der Waals surface area contributed by atoms with Crippen molar-refractivity contribution in [2.75, 3.05) is 11.1 Å². The van der Waals surface area contributed by atoms with Gasteiger partial charge in [0.1, 0.15) is 5.82 Å². The molecule has 0 fully saturated rings. The van der Waals surface area contributed by atoms with Crippen LogP contribution in [0.1, 0.15) is 11.3 Å². The van der Waals surface area contributed by atoms with Gasteiger partial charge in [-0.1, -0.05) is 0 Å². The van der Waals surface area contributed by atoms with Crippen LogP contribution in [0.5, 0.6) is 0 Å². The van der Waals surface area contributed by atoms with Gasteiger partial charge in [0.2, 0.25) is 5.91 Å². The van der Waals surface area contributed by atoms with Crippen molar-refractivity contribution >= 4 is 23.5 Å². The Morgan fingerprint density at radius 1 is 1.54 bits per heavy atom. The van der Waals surface area contributed by atoms with Crippen LogP contribution < -0.4 is 5.32 Å². The van der Waals surface area contributed by atoms with Crippen LogP contribution in [-0.2, 0) is 4.79 Å². The molecule has 0 bridgehead atoms. The molecule has 0 spiro atoms. The largest absolute Gasteiger partial charge is 0.309 e. The number of carbonyl (C=O) groups excluding carboxylic acids is 1.